The second kappa shape index (κ2) is 6.58. The van der Waals surface area contributed by atoms with E-state index < -0.39 is 0 Å². The number of nitrogens with zero attached hydrogens (tertiary/aromatic N) is 2. The number of hydrogen-bond acceptors (Lipinski definition) is 4. The first-order valence-electron chi connectivity index (χ1n) is 7.99. The number of benzene rings is 1. The van der Waals surface area contributed by atoms with Gasteiger partial charge in [-0.1, -0.05) is 12.1 Å². The highest BCUT2D eigenvalue weighted by atomic mass is 16.5. The van der Waals surface area contributed by atoms with Crippen LogP contribution in [0.3, 0.4) is 0 Å². The highest BCUT2D eigenvalue weighted by Crippen LogP contribution is 2.31. The number of para-hydroxylation sites is 2. The van der Waals surface area contributed by atoms with E-state index in [2.05, 4.69) is 0 Å². The van der Waals surface area contributed by atoms with E-state index in [0.717, 1.165) is 5.69 Å². The number of fused-ring (bicyclic) bond motifs is 1. The number of carbonyl (C=O) groups is 2. The minimum atomic E-state index is -0.111. The molecule has 2 aliphatic heterocycles. The van der Waals surface area contributed by atoms with Gasteiger partial charge < -0.3 is 19.3 Å². The van der Waals surface area contributed by atoms with Crippen LogP contribution in [0.4, 0.5) is 5.69 Å². The fourth-order valence-electron chi connectivity index (χ4n) is 3.00. The van der Waals surface area contributed by atoms with Gasteiger partial charge in [-0.25, -0.2) is 0 Å². The van der Waals surface area contributed by atoms with Crippen molar-refractivity contribution in [2.75, 3.05) is 31.2 Å². The summed E-state index contributed by atoms with van der Waals surface area (Å²) in [7, 11) is 0. The monoisotopic (exact) mass is 318 g/mol. The Morgan fingerprint density at radius 3 is 2.91 bits per heavy atom. The summed E-state index contributed by atoms with van der Waals surface area (Å²) >= 11 is 0. The van der Waals surface area contributed by atoms with Crippen molar-refractivity contribution in [3.8, 4) is 5.75 Å². The normalized spacial score (nSPS) is 24.2. The van der Waals surface area contributed by atoms with Crippen molar-refractivity contribution in [1.82, 2.24) is 4.90 Å². The SMILES string of the molecule is CC1CN(C(=O)CCN2C(=O)COc3ccccc32)C(C)CO1. The van der Waals surface area contributed by atoms with Gasteiger partial charge >= 0.3 is 0 Å². The van der Waals surface area contributed by atoms with Gasteiger partial charge in [0.25, 0.3) is 5.91 Å². The molecule has 0 aromatic heterocycles. The third kappa shape index (κ3) is 3.32. The molecule has 0 radical (unpaired) electrons. The Hall–Kier alpha value is -2.08. The molecule has 0 saturated carbocycles. The van der Waals surface area contributed by atoms with Crippen LogP contribution in [0, 0.1) is 0 Å². The first-order chi connectivity index (χ1) is 11.1. The topological polar surface area (TPSA) is 59.1 Å². The third-order valence-electron chi connectivity index (χ3n) is 4.29. The predicted molar refractivity (Wildman–Crippen MR) is 85.5 cm³/mol. The number of hydrogen-bond donors (Lipinski definition) is 0. The Labute approximate surface area is 136 Å². The molecule has 2 amide bonds. The van der Waals surface area contributed by atoms with Crippen LogP contribution >= 0.6 is 0 Å². The summed E-state index contributed by atoms with van der Waals surface area (Å²) in [5.41, 5.74) is 0.736. The second-order valence-corrected chi connectivity index (χ2v) is 6.09. The molecule has 0 bridgehead atoms. The predicted octanol–water partition coefficient (Wildman–Crippen LogP) is 1.44. The summed E-state index contributed by atoms with van der Waals surface area (Å²) in [6, 6.07) is 7.49. The Balaban J connectivity index is 1.66. The maximum Gasteiger partial charge on any atom is 0.265 e. The number of rotatable bonds is 3. The zero-order valence-electron chi connectivity index (χ0n) is 13.5. The number of ether oxygens (including phenoxy) is 2. The van der Waals surface area contributed by atoms with E-state index in [1.165, 1.54) is 0 Å². The lowest BCUT2D eigenvalue weighted by molar-refractivity contribution is -0.143. The summed E-state index contributed by atoms with van der Waals surface area (Å²) in [4.78, 5) is 28.1. The van der Waals surface area contributed by atoms with Gasteiger partial charge in [-0.15, -0.1) is 0 Å². The molecule has 2 unspecified atom stereocenters. The minimum absolute atomic E-state index is 0.0240. The molecular weight excluding hydrogens is 296 g/mol. The van der Waals surface area contributed by atoms with Crippen LogP contribution in [0.15, 0.2) is 24.3 Å². The third-order valence-corrected chi connectivity index (χ3v) is 4.29. The number of amides is 2. The van der Waals surface area contributed by atoms with Gasteiger partial charge in [-0.2, -0.15) is 0 Å². The zero-order chi connectivity index (χ0) is 16.4. The number of anilines is 1. The van der Waals surface area contributed by atoms with Crippen LogP contribution in [-0.4, -0.2) is 55.2 Å². The molecule has 23 heavy (non-hydrogen) atoms. The Morgan fingerprint density at radius 1 is 1.30 bits per heavy atom. The Morgan fingerprint density at radius 2 is 2.09 bits per heavy atom. The standard InChI is InChI=1S/C17H22N2O4/c1-12-10-22-13(2)9-19(12)16(20)7-8-18-14-5-3-4-6-15(14)23-11-17(18)21/h3-6,12-13H,7-11H2,1-2H3. The highest BCUT2D eigenvalue weighted by molar-refractivity contribution is 5.98. The summed E-state index contributed by atoms with van der Waals surface area (Å²) < 4.78 is 11.0. The van der Waals surface area contributed by atoms with Gasteiger partial charge in [-0.3, -0.25) is 9.59 Å². The molecule has 0 spiro atoms. The molecule has 1 aromatic carbocycles. The molecule has 2 atom stereocenters. The van der Waals surface area contributed by atoms with Gasteiger partial charge in [0.15, 0.2) is 6.61 Å². The quantitative estimate of drug-likeness (QED) is 0.846. The van der Waals surface area contributed by atoms with Crippen molar-refractivity contribution >= 4 is 17.5 Å². The van der Waals surface area contributed by atoms with E-state index in [1.54, 1.807) is 4.90 Å². The smallest absolute Gasteiger partial charge is 0.265 e. The molecule has 124 valence electrons. The van der Waals surface area contributed by atoms with Crippen molar-refractivity contribution in [2.45, 2.75) is 32.4 Å². The van der Waals surface area contributed by atoms with Crippen molar-refractivity contribution < 1.29 is 19.1 Å². The van der Waals surface area contributed by atoms with Crippen LogP contribution in [-0.2, 0) is 14.3 Å². The molecular formula is C17H22N2O4. The molecule has 1 saturated heterocycles. The minimum Gasteiger partial charge on any atom is -0.482 e. The molecule has 0 N–H and O–H groups in total. The fraction of sp³-hybridized carbons (Fsp3) is 0.529. The van der Waals surface area contributed by atoms with Crippen molar-refractivity contribution in [3.63, 3.8) is 0 Å². The summed E-state index contributed by atoms with van der Waals surface area (Å²) in [5, 5.41) is 0. The average molecular weight is 318 g/mol. The molecule has 2 heterocycles. The molecule has 3 rings (SSSR count). The van der Waals surface area contributed by atoms with Crippen LogP contribution in [0.1, 0.15) is 20.3 Å². The second-order valence-electron chi connectivity index (χ2n) is 6.09. The Bertz CT molecular complexity index is 604. The van der Waals surface area contributed by atoms with E-state index in [-0.39, 0.29) is 30.6 Å². The zero-order valence-corrected chi connectivity index (χ0v) is 13.5. The number of morpholine rings is 1. The molecule has 2 aliphatic rings. The number of carbonyl (C=O) groups excluding carboxylic acids is 2. The van der Waals surface area contributed by atoms with Gasteiger partial charge in [-0.05, 0) is 26.0 Å². The average Bonchev–Trinajstić information content (AvgIpc) is 2.56. The van der Waals surface area contributed by atoms with E-state index >= 15 is 0 Å². The van der Waals surface area contributed by atoms with Crippen LogP contribution in [0.5, 0.6) is 5.75 Å². The summed E-state index contributed by atoms with van der Waals surface area (Å²) in [6.45, 7) is 5.51. The van der Waals surface area contributed by atoms with Crippen LogP contribution < -0.4 is 9.64 Å². The van der Waals surface area contributed by atoms with E-state index in [0.29, 0.717) is 31.9 Å². The fourth-order valence-corrected chi connectivity index (χ4v) is 3.00. The Kier molecular flexibility index (Phi) is 4.52. The van der Waals surface area contributed by atoms with Crippen molar-refractivity contribution in [3.05, 3.63) is 24.3 Å². The van der Waals surface area contributed by atoms with Crippen molar-refractivity contribution in [2.24, 2.45) is 0 Å². The van der Waals surface area contributed by atoms with E-state index in [1.807, 2.05) is 43.0 Å². The van der Waals surface area contributed by atoms with Crippen LogP contribution in [0.2, 0.25) is 0 Å². The molecule has 1 fully saturated rings. The van der Waals surface area contributed by atoms with Gasteiger partial charge in [0.05, 0.1) is 24.4 Å². The lowest BCUT2D eigenvalue weighted by atomic mass is 10.1. The maximum atomic E-state index is 12.5. The summed E-state index contributed by atoms with van der Waals surface area (Å²) in [6.07, 6.45) is 0.359. The molecule has 6 heteroatoms. The van der Waals surface area contributed by atoms with Gasteiger partial charge in [0.1, 0.15) is 5.75 Å². The maximum absolute atomic E-state index is 12.5. The highest BCUT2D eigenvalue weighted by Gasteiger charge is 2.29. The molecule has 1 aromatic rings. The lowest BCUT2D eigenvalue weighted by Crippen LogP contribution is -2.51. The molecule has 0 aliphatic carbocycles. The molecule has 6 nitrogen and oxygen atoms in total. The van der Waals surface area contributed by atoms with Crippen molar-refractivity contribution in [1.29, 1.82) is 0 Å². The largest absolute Gasteiger partial charge is 0.482 e. The first-order valence-corrected chi connectivity index (χ1v) is 7.99. The van der Waals surface area contributed by atoms with E-state index in [9.17, 15) is 9.59 Å². The lowest BCUT2D eigenvalue weighted by Gasteiger charge is -2.37. The first kappa shape index (κ1) is 15.8. The summed E-state index contributed by atoms with van der Waals surface area (Å²) in [5.74, 6) is 0.636. The van der Waals surface area contributed by atoms with Gasteiger partial charge in [0.2, 0.25) is 5.91 Å². The van der Waals surface area contributed by atoms with E-state index in [4.69, 9.17) is 9.47 Å². The van der Waals surface area contributed by atoms with Gasteiger partial charge in [0, 0.05) is 19.5 Å². The van der Waals surface area contributed by atoms with Crippen LogP contribution in [0.25, 0.3) is 0 Å².